The van der Waals surface area contributed by atoms with Gasteiger partial charge in [0, 0.05) is 41.1 Å². The van der Waals surface area contributed by atoms with Crippen LogP contribution in [0.3, 0.4) is 0 Å². The van der Waals surface area contributed by atoms with Crippen LogP contribution in [-0.2, 0) is 4.79 Å². The maximum absolute atomic E-state index is 13.5. The van der Waals surface area contributed by atoms with Crippen LogP contribution in [0.2, 0.25) is 0 Å². The number of nitrogens with zero attached hydrogens (tertiary/aromatic N) is 1. The fraction of sp³-hybridized carbons (Fsp3) is 0.154. The monoisotopic (exact) mass is 424 g/mol. The average Bonchev–Trinajstić information content (AvgIpc) is 3.21. The number of aromatic amines is 1. The summed E-state index contributed by atoms with van der Waals surface area (Å²) in [6.45, 7) is 2.74. The second kappa shape index (κ2) is 8.23. The number of nitrogens with one attached hydrogen (secondary N) is 3. The number of rotatable bonds is 4. The molecule has 0 saturated heterocycles. The van der Waals surface area contributed by atoms with Crippen molar-refractivity contribution >= 4 is 40.3 Å². The van der Waals surface area contributed by atoms with E-state index in [9.17, 15) is 9.59 Å². The van der Waals surface area contributed by atoms with Gasteiger partial charge in [-0.25, -0.2) is 0 Å². The van der Waals surface area contributed by atoms with Gasteiger partial charge in [0.25, 0.3) is 5.91 Å². The molecular formula is C26H24N4O2. The minimum absolute atomic E-state index is 0.0880. The number of hydrogen-bond acceptors (Lipinski definition) is 3. The van der Waals surface area contributed by atoms with Gasteiger partial charge in [-0.15, -0.1) is 0 Å². The Bertz CT molecular complexity index is 1310. The first-order valence-corrected chi connectivity index (χ1v) is 10.7. The van der Waals surface area contributed by atoms with Crippen LogP contribution in [0, 0.1) is 0 Å². The Morgan fingerprint density at radius 2 is 1.97 bits per heavy atom. The van der Waals surface area contributed by atoms with Crippen LogP contribution < -0.4 is 15.5 Å². The highest BCUT2D eigenvalue weighted by molar-refractivity contribution is 6.09. The van der Waals surface area contributed by atoms with Gasteiger partial charge >= 0.3 is 0 Å². The summed E-state index contributed by atoms with van der Waals surface area (Å²) in [5, 5.41) is 7.35. The summed E-state index contributed by atoms with van der Waals surface area (Å²) in [5.74, 6) is -0.0880. The minimum atomic E-state index is -0.0880. The maximum atomic E-state index is 13.5. The maximum Gasteiger partial charge on any atom is 0.258 e. The lowest BCUT2D eigenvalue weighted by molar-refractivity contribution is -0.105. The highest BCUT2D eigenvalue weighted by atomic mass is 16.2. The molecule has 1 aliphatic rings. The Morgan fingerprint density at radius 1 is 1.09 bits per heavy atom. The summed E-state index contributed by atoms with van der Waals surface area (Å²) in [6.07, 6.45) is 3.39. The Labute approximate surface area is 186 Å². The Balaban J connectivity index is 1.53. The van der Waals surface area contributed by atoms with Crippen molar-refractivity contribution < 1.29 is 9.59 Å². The SMILES string of the molecule is CC1CCN(C(=O)c2ccc(-c3ccc4[nH]ccc4c3)c(NC=O)c2)c2ccccc2N1. The van der Waals surface area contributed by atoms with Crippen molar-refractivity contribution in [3.05, 3.63) is 78.5 Å². The van der Waals surface area contributed by atoms with E-state index in [1.165, 1.54) is 0 Å². The molecule has 0 aliphatic carbocycles. The number of fused-ring (bicyclic) bond motifs is 2. The minimum Gasteiger partial charge on any atom is -0.381 e. The molecule has 4 aromatic rings. The lowest BCUT2D eigenvalue weighted by Gasteiger charge is -2.23. The molecule has 0 spiro atoms. The molecule has 0 fully saturated rings. The van der Waals surface area contributed by atoms with E-state index < -0.39 is 0 Å². The molecule has 3 N–H and O–H groups in total. The first-order valence-electron chi connectivity index (χ1n) is 10.7. The van der Waals surface area contributed by atoms with Gasteiger partial charge in [-0.1, -0.05) is 24.3 Å². The molecule has 0 radical (unpaired) electrons. The van der Waals surface area contributed by atoms with Gasteiger partial charge in [-0.05, 0) is 66.8 Å². The summed E-state index contributed by atoms with van der Waals surface area (Å²) >= 11 is 0. The third-order valence-corrected chi connectivity index (χ3v) is 5.97. The van der Waals surface area contributed by atoms with Crippen LogP contribution in [0.1, 0.15) is 23.7 Å². The van der Waals surface area contributed by atoms with E-state index >= 15 is 0 Å². The van der Waals surface area contributed by atoms with E-state index in [0.717, 1.165) is 39.8 Å². The molecular weight excluding hydrogens is 400 g/mol. The van der Waals surface area contributed by atoms with E-state index in [2.05, 4.69) is 28.6 Å². The summed E-state index contributed by atoms with van der Waals surface area (Å²) in [5.41, 5.74) is 5.85. The average molecular weight is 425 g/mol. The van der Waals surface area contributed by atoms with Crippen LogP contribution in [-0.4, -0.2) is 29.9 Å². The number of para-hydroxylation sites is 2. The van der Waals surface area contributed by atoms with Gasteiger partial charge in [0.2, 0.25) is 6.41 Å². The van der Waals surface area contributed by atoms with Crippen LogP contribution in [0.5, 0.6) is 0 Å². The van der Waals surface area contributed by atoms with Gasteiger partial charge in [0.15, 0.2) is 0 Å². The molecule has 2 amide bonds. The van der Waals surface area contributed by atoms with E-state index in [-0.39, 0.29) is 11.9 Å². The van der Waals surface area contributed by atoms with Crippen LogP contribution in [0.4, 0.5) is 17.1 Å². The summed E-state index contributed by atoms with van der Waals surface area (Å²) in [4.78, 5) is 29.9. The Morgan fingerprint density at radius 3 is 2.84 bits per heavy atom. The van der Waals surface area contributed by atoms with Crippen LogP contribution >= 0.6 is 0 Å². The molecule has 3 aromatic carbocycles. The molecule has 0 bridgehead atoms. The van der Waals surface area contributed by atoms with E-state index in [1.54, 1.807) is 6.07 Å². The normalized spacial score (nSPS) is 15.5. The highest BCUT2D eigenvalue weighted by Crippen LogP contribution is 2.34. The van der Waals surface area contributed by atoms with Gasteiger partial charge in [0.1, 0.15) is 0 Å². The van der Waals surface area contributed by atoms with Crippen molar-refractivity contribution in [1.29, 1.82) is 0 Å². The van der Waals surface area contributed by atoms with Crippen molar-refractivity contribution in [2.45, 2.75) is 19.4 Å². The second-order valence-corrected chi connectivity index (χ2v) is 8.11. The molecule has 1 aromatic heterocycles. The van der Waals surface area contributed by atoms with E-state index in [1.807, 2.05) is 65.7 Å². The smallest absolute Gasteiger partial charge is 0.258 e. The second-order valence-electron chi connectivity index (χ2n) is 8.11. The molecule has 6 nitrogen and oxygen atoms in total. The number of aromatic nitrogens is 1. The number of hydrogen-bond donors (Lipinski definition) is 3. The fourth-order valence-corrected chi connectivity index (χ4v) is 4.31. The lowest BCUT2D eigenvalue weighted by atomic mass is 9.99. The predicted octanol–water partition coefficient (Wildman–Crippen LogP) is 5.25. The molecule has 1 atom stereocenters. The number of H-pyrrole nitrogens is 1. The topological polar surface area (TPSA) is 77.2 Å². The zero-order chi connectivity index (χ0) is 22.1. The predicted molar refractivity (Wildman–Crippen MR) is 129 cm³/mol. The number of anilines is 3. The third-order valence-electron chi connectivity index (χ3n) is 5.97. The number of carbonyl (C=O) groups is 2. The van der Waals surface area contributed by atoms with Gasteiger partial charge in [0.05, 0.1) is 11.4 Å². The van der Waals surface area contributed by atoms with Crippen molar-refractivity contribution in [2.24, 2.45) is 0 Å². The Hall–Kier alpha value is -4.06. The summed E-state index contributed by atoms with van der Waals surface area (Å²) in [6, 6.07) is 21.7. The molecule has 5 rings (SSSR count). The van der Waals surface area contributed by atoms with Crippen molar-refractivity contribution in [1.82, 2.24) is 4.98 Å². The quantitative estimate of drug-likeness (QED) is 0.391. The molecule has 1 unspecified atom stereocenters. The van der Waals surface area contributed by atoms with Gasteiger partial charge in [-0.3, -0.25) is 9.59 Å². The molecule has 1 aliphatic heterocycles. The number of benzene rings is 3. The van der Waals surface area contributed by atoms with E-state index in [0.29, 0.717) is 24.2 Å². The zero-order valence-corrected chi connectivity index (χ0v) is 17.8. The van der Waals surface area contributed by atoms with Crippen molar-refractivity contribution in [2.75, 3.05) is 22.1 Å². The molecule has 160 valence electrons. The lowest BCUT2D eigenvalue weighted by Crippen LogP contribution is -2.32. The molecule has 6 heteroatoms. The highest BCUT2D eigenvalue weighted by Gasteiger charge is 2.25. The van der Waals surface area contributed by atoms with Crippen LogP contribution in [0.25, 0.3) is 22.0 Å². The van der Waals surface area contributed by atoms with Gasteiger partial charge < -0.3 is 20.5 Å². The largest absolute Gasteiger partial charge is 0.381 e. The number of amides is 2. The molecule has 32 heavy (non-hydrogen) atoms. The standard InChI is InChI=1S/C26H24N4O2/c1-17-11-13-30(25-5-3-2-4-23(25)29-17)26(32)20-6-8-21(24(15-20)28-16-31)18-7-9-22-19(14-18)10-12-27-22/h2-10,12,14-17,27,29H,11,13H2,1H3,(H,28,31). The fourth-order valence-electron chi connectivity index (χ4n) is 4.31. The van der Waals surface area contributed by atoms with Crippen LogP contribution in [0.15, 0.2) is 72.9 Å². The number of carbonyl (C=O) groups excluding carboxylic acids is 2. The Kier molecular flexibility index (Phi) is 5.11. The summed E-state index contributed by atoms with van der Waals surface area (Å²) in [7, 11) is 0. The molecule has 0 saturated carbocycles. The van der Waals surface area contributed by atoms with Crippen molar-refractivity contribution in [3.63, 3.8) is 0 Å². The third kappa shape index (κ3) is 3.60. The van der Waals surface area contributed by atoms with Gasteiger partial charge in [-0.2, -0.15) is 0 Å². The van der Waals surface area contributed by atoms with Crippen molar-refractivity contribution in [3.8, 4) is 11.1 Å². The summed E-state index contributed by atoms with van der Waals surface area (Å²) < 4.78 is 0. The first kappa shape index (κ1) is 19.9. The van der Waals surface area contributed by atoms with E-state index in [4.69, 9.17) is 0 Å². The first-order chi connectivity index (χ1) is 15.6. The zero-order valence-electron chi connectivity index (χ0n) is 17.8. The molecule has 2 heterocycles.